The predicted octanol–water partition coefficient (Wildman–Crippen LogP) is 2.33. The molecule has 0 amide bonds. The highest BCUT2D eigenvalue weighted by Crippen LogP contribution is 2.38. The molecule has 0 radical (unpaired) electrons. The van der Waals surface area contributed by atoms with E-state index in [2.05, 4.69) is 15.2 Å². The summed E-state index contributed by atoms with van der Waals surface area (Å²) in [5.74, 6) is 0. The molecule has 1 unspecified atom stereocenters. The first-order valence-corrected chi connectivity index (χ1v) is 7.15. The summed E-state index contributed by atoms with van der Waals surface area (Å²) in [5.41, 5.74) is 1.54. The Morgan fingerprint density at radius 2 is 2.33 bits per heavy atom. The van der Waals surface area contributed by atoms with Crippen molar-refractivity contribution in [2.45, 2.75) is 18.9 Å². The van der Waals surface area contributed by atoms with Crippen LogP contribution in [-0.4, -0.2) is 36.1 Å². The van der Waals surface area contributed by atoms with Crippen molar-refractivity contribution >= 4 is 22.3 Å². The summed E-state index contributed by atoms with van der Waals surface area (Å²) in [6.45, 7) is 1.70. The summed E-state index contributed by atoms with van der Waals surface area (Å²) in [5, 5.41) is 15.4. The van der Waals surface area contributed by atoms with Gasteiger partial charge in [-0.15, -0.1) is 0 Å². The minimum atomic E-state index is -0.284. The number of pyridine rings is 1. The van der Waals surface area contributed by atoms with E-state index in [0.717, 1.165) is 25.9 Å². The number of nitro groups is 1. The Morgan fingerprint density at radius 3 is 3.10 bits per heavy atom. The van der Waals surface area contributed by atoms with Gasteiger partial charge in [0.25, 0.3) is 0 Å². The van der Waals surface area contributed by atoms with Crippen LogP contribution in [-0.2, 0) is 0 Å². The number of nitrogens with one attached hydrogen (secondary N) is 1. The molecule has 2 heterocycles. The second-order valence-corrected chi connectivity index (χ2v) is 5.31. The highest BCUT2D eigenvalue weighted by atomic mass is 16.6. The number of hydrogen-bond acceptors (Lipinski definition) is 5. The van der Waals surface area contributed by atoms with Gasteiger partial charge in [0.1, 0.15) is 5.69 Å². The number of aromatic nitrogens is 1. The number of anilines is 1. The molecule has 1 aromatic heterocycles. The monoisotopic (exact) mass is 286 g/mol. The second kappa shape index (κ2) is 5.65. The molecular formula is C15H18N4O2. The van der Waals surface area contributed by atoms with Crippen LogP contribution in [0.4, 0.5) is 11.4 Å². The summed E-state index contributed by atoms with van der Waals surface area (Å²) >= 11 is 0. The summed E-state index contributed by atoms with van der Waals surface area (Å²) < 4.78 is 0. The summed E-state index contributed by atoms with van der Waals surface area (Å²) in [6.07, 6.45) is 3.78. The fourth-order valence-electron chi connectivity index (χ4n) is 3.15. The van der Waals surface area contributed by atoms with Gasteiger partial charge in [0.15, 0.2) is 0 Å². The summed E-state index contributed by atoms with van der Waals surface area (Å²) in [4.78, 5) is 17.7. The molecule has 0 aliphatic carbocycles. The lowest BCUT2D eigenvalue weighted by molar-refractivity contribution is -0.382. The van der Waals surface area contributed by atoms with Crippen molar-refractivity contribution in [2.24, 2.45) is 0 Å². The largest absolute Gasteiger partial charge is 0.362 e. The molecule has 110 valence electrons. The van der Waals surface area contributed by atoms with E-state index >= 15 is 0 Å². The zero-order chi connectivity index (χ0) is 14.8. The molecule has 1 aliphatic rings. The molecule has 0 saturated carbocycles. The SMILES string of the molecule is CNCC1CCCN1c1ccc2ncccc2c1[N+](=O)[O-]. The average Bonchev–Trinajstić information content (AvgIpc) is 2.94. The molecule has 6 heteroatoms. The number of hydrogen-bond donors (Lipinski definition) is 1. The fraction of sp³-hybridized carbons (Fsp3) is 0.400. The zero-order valence-corrected chi connectivity index (χ0v) is 12.0. The van der Waals surface area contributed by atoms with Crippen molar-refractivity contribution in [2.75, 3.05) is 25.0 Å². The van der Waals surface area contributed by atoms with Crippen LogP contribution in [0.3, 0.4) is 0 Å². The molecule has 21 heavy (non-hydrogen) atoms. The Kier molecular flexibility index (Phi) is 3.70. The van der Waals surface area contributed by atoms with E-state index in [1.54, 1.807) is 18.3 Å². The minimum absolute atomic E-state index is 0.170. The van der Waals surface area contributed by atoms with Gasteiger partial charge in [-0.05, 0) is 44.2 Å². The van der Waals surface area contributed by atoms with Crippen LogP contribution < -0.4 is 10.2 Å². The van der Waals surface area contributed by atoms with E-state index in [9.17, 15) is 10.1 Å². The number of rotatable bonds is 4. The third kappa shape index (κ3) is 2.42. The van der Waals surface area contributed by atoms with Gasteiger partial charge in [-0.1, -0.05) is 0 Å². The van der Waals surface area contributed by atoms with Gasteiger partial charge in [-0.2, -0.15) is 0 Å². The third-order valence-electron chi connectivity index (χ3n) is 4.04. The lowest BCUT2D eigenvalue weighted by Gasteiger charge is -2.26. The molecular weight excluding hydrogens is 268 g/mol. The first kappa shape index (κ1) is 13.8. The average molecular weight is 286 g/mol. The Bertz CT molecular complexity index is 674. The second-order valence-electron chi connectivity index (χ2n) is 5.31. The predicted molar refractivity (Wildman–Crippen MR) is 82.7 cm³/mol. The summed E-state index contributed by atoms with van der Waals surface area (Å²) in [7, 11) is 1.91. The van der Waals surface area contributed by atoms with E-state index in [0.29, 0.717) is 22.6 Å². The molecule has 2 aromatic rings. The Hall–Kier alpha value is -2.21. The molecule has 0 spiro atoms. The lowest BCUT2D eigenvalue weighted by atomic mass is 10.1. The van der Waals surface area contributed by atoms with Crippen molar-refractivity contribution in [3.63, 3.8) is 0 Å². The molecule has 0 bridgehead atoms. The van der Waals surface area contributed by atoms with Crippen LogP contribution in [0, 0.1) is 10.1 Å². The van der Waals surface area contributed by atoms with Crippen LogP contribution in [0.1, 0.15) is 12.8 Å². The molecule has 1 aliphatic heterocycles. The Morgan fingerprint density at radius 1 is 1.48 bits per heavy atom. The van der Waals surface area contributed by atoms with E-state index in [1.165, 1.54) is 0 Å². The molecule has 1 atom stereocenters. The standard InChI is InChI=1S/C15H18N4O2/c1-16-10-11-4-3-9-18(11)14-7-6-13-12(5-2-8-17-13)15(14)19(20)21/h2,5-8,11,16H,3-4,9-10H2,1H3. The molecule has 6 nitrogen and oxygen atoms in total. The van der Waals surface area contributed by atoms with Gasteiger partial charge in [-0.3, -0.25) is 15.1 Å². The van der Waals surface area contributed by atoms with Gasteiger partial charge < -0.3 is 10.2 Å². The van der Waals surface area contributed by atoms with Crippen LogP contribution in [0.5, 0.6) is 0 Å². The molecule has 1 N–H and O–H groups in total. The number of fused-ring (bicyclic) bond motifs is 1. The first-order valence-electron chi connectivity index (χ1n) is 7.15. The van der Waals surface area contributed by atoms with Crippen molar-refractivity contribution < 1.29 is 4.92 Å². The van der Waals surface area contributed by atoms with Crippen molar-refractivity contribution in [1.82, 2.24) is 10.3 Å². The third-order valence-corrected chi connectivity index (χ3v) is 4.04. The fourth-order valence-corrected chi connectivity index (χ4v) is 3.15. The number of nitro benzene ring substituents is 1. The quantitative estimate of drug-likeness (QED) is 0.690. The summed E-state index contributed by atoms with van der Waals surface area (Å²) in [6, 6.07) is 7.53. The van der Waals surface area contributed by atoms with Crippen molar-refractivity contribution in [3.05, 3.63) is 40.6 Å². The molecule has 1 fully saturated rings. The van der Waals surface area contributed by atoms with Crippen molar-refractivity contribution in [1.29, 1.82) is 0 Å². The Labute approximate surface area is 122 Å². The first-order chi connectivity index (χ1) is 10.2. The zero-order valence-electron chi connectivity index (χ0n) is 12.0. The van der Waals surface area contributed by atoms with Gasteiger partial charge in [0.05, 0.1) is 15.8 Å². The van der Waals surface area contributed by atoms with Gasteiger partial charge in [-0.25, -0.2) is 0 Å². The van der Waals surface area contributed by atoms with Gasteiger partial charge in [0.2, 0.25) is 0 Å². The normalized spacial score (nSPS) is 18.3. The maximum absolute atomic E-state index is 11.6. The molecule has 3 rings (SSSR count). The molecule has 1 saturated heterocycles. The Balaban J connectivity index is 2.13. The number of benzene rings is 1. The highest BCUT2D eigenvalue weighted by molar-refractivity contribution is 5.94. The number of nitrogens with zero attached hydrogens (tertiary/aromatic N) is 3. The molecule has 1 aromatic carbocycles. The highest BCUT2D eigenvalue weighted by Gasteiger charge is 2.30. The van der Waals surface area contributed by atoms with Crippen LogP contribution in [0.25, 0.3) is 10.9 Å². The maximum atomic E-state index is 11.6. The van der Waals surface area contributed by atoms with Crippen molar-refractivity contribution in [3.8, 4) is 0 Å². The van der Waals surface area contributed by atoms with Crippen LogP contribution in [0.2, 0.25) is 0 Å². The topological polar surface area (TPSA) is 71.3 Å². The van der Waals surface area contributed by atoms with Crippen LogP contribution in [0.15, 0.2) is 30.5 Å². The smallest absolute Gasteiger partial charge is 0.301 e. The van der Waals surface area contributed by atoms with E-state index in [-0.39, 0.29) is 10.6 Å². The maximum Gasteiger partial charge on any atom is 0.301 e. The van der Waals surface area contributed by atoms with E-state index < -0.39 is 0 Å². The minimum Gasteiger partial charge on any atom is -0.362 e. The van der Waals surface area contributed by atoms with Gasteiger partial charge >= 0.3 is 5.69 Å². The van der Waals surface area contributed by atoms with E-state index in [4.69, 9.17) is 0 Å². The van der Waals surface area contributed by atoms with Crippen LogP contribution >= 0.6 is 0 Å². The van der Waals surface area contributed by atoms with E-state index in [1.807, 2.05) is 19.2 Å². The lowest BCUT2D eigenvalue weighted by Crippen LogP contribution is -2.37. The van der Waals surface area contributed by atoms with Gasteiger partial charge in [0, 0.05) is 25.3 Å². The number of likely N-dealkylation sites (N-methyl/N-ethyl adjacent to an activating group) is 1.